The average Bonchev–Trinajstić information content (AvgIpc) is 2.45. The van der Waals surface area contributed by atoms with Gasteiger partial charge in [-0.05, 0) is 31.3 Å². The third-order valence-corrected chi connectivity index (χ3v) is 3.38. The van der Waals surface area contributed by atoms with Gasteiger partial charge in [-0.15, -0.1) is 12.4 Å². The zero-order chi connectivity index (χ0) is 15.0. The van der Waals surface area contributed by atoms with E-state index in [1.54, 1.807) is 24.1 Å². The lowest BCUT2D eigenvalue weighted by Crippen LogP contribution is -2.35. The second-order valence-electron chi connectivity index (χ2n) is 4.43. The topological polar surface area (TPSA) is 61.4 Å². The zero-order valence-electron chi connectivity index (χ0n) is 12.2. The van der Waals surface area contributed by atoms with Gasteiger partial charge in [0.1, 0.15) is 0 Å². The molecule has 2 N–H and O–H groups in total. The van der Waals surface area contributed by atoms with Gasteiger partial charge in [-0.1, -0.05) is 15.9 Å². The highest BCUT2D eigenvalue weighted by Gasteiger charge is 2.09. The van der Waals surface area contributed by atoms with Gasteiger partial charge in [0.05, 0.1) is 0 Å². The molecule has 1 aromatic carbocycles. The summed E-state index contributed by atoms with van der Waals surface area (Å²) in [4.78, 5) is 25.2. The highest BCUT2D eigenvalue weighted by Crippen LogP contribution is 2.10. The molecular weight excluding hydrogens is 358 g/mol. The highest BCUT2D eigenvalue weighted by molar-refractivity contribution is 9.10. The smallest absolute Gasteiger partial charge is 0.251 e. The number of nitrogens with one attached hydrogen (secondary N) is 2. The molecule has 0 aliphatic carbocycles. The standard InChI is InChI=1S/C14H20BrN3O2.ClH/c1-16-9-10-18(2)13(19)7-8-17-14(20)11-3-5-12(15)6-4-11;/h3-6,16H,7-10H2,1-2H3,(H,17,20);1H. The molecule has 0 spiro atoms. The lowest BCUT2D eigenvalue weighted by Gasteiger charge is -2.16. The molecule has 0 saturated heterocycles. The molecule has 0 radical (unpaired) electrons. The summed E-state index contributed by atoms with van der Waals surface area (Å²) in [7, 11) is 3.60. The van der Waals surface area contributed by atoms with Crippen LogP contribution in [0, 0.1) is 0 Å². The normalized spacial score (nSPS) is 9.67. The predicted molar refractivity (Wildman–Crippen MR) is 89.9 cm³/mol. The second-order valence-corrected chi connectivity index (χ2v) is 5.35. The number of hydrogen-bond acceptors (Lipinski definition) is 3. The summed E-state index contributed by atoms with van der Waals surface area (Å²) in [5.41, 5.74) is 0.587. The van der Waals surface area contributed by atoms with Gasteiger partial charge in [-0.25, -0.2) is 0 Å². The molecule has 5 nitrogen and oxygen atoms in total. The Bertz CT molecular complexity index is 454. The van der Waals surface area contributed by atoms with E-state index >= 15 is 0 Å². The molecule has 1 rings (SSSR count). The zero-order valence-corrected chi connectivity index (χ0v) is 14.6. The van der Waals surface area contributed by atoms with Crippen molar-refractivity contribution in [3.05, 3.63) is 34.3 Å². The molecule has 0 fully saturated rings. The molecule has 2 amide bonds. The van der Waals surface area contributed by atoms with Crippen LogP contribution in [-0.4, -0.2) is 50.4 Å². The highest BCUT2D eigenvalue weighted by atomic mass is 79.9. The van der Waals surface area contributed by atoms with E-state index in [9.17, 15) is 9.59 Å². The van der Waals surface area contributed by atoms with Gasteiger partial charge in [0.15, 0.2) is 0 Å². The van der Waals surface area contributed by atoms with E-state index < -0.39 is 0 Å². The number of amides is 2. The summed E-state index contributed by atoms with van der Waals surface area (Å²) in [6.07, 6.45) is 0.308. The van der Waals surface area contributed by atoms with Crippen LogP contribution in [0.25, 0.3) is 0 Å². The number of rotatable bonds is 7. The first-order valence-corrected chi connectivity index (χ1v) is 7.26. The molecule has 0 bridgehead atoms. The van der Waals surface area contributed by atoms with Crippen molar-refractivity contribution in [2.75, 3.05) is 33.7 Å². The first-order chi connectivity index (χ1) is 9.54. The summed E-state index contributed by atoms with van der Waals surface area (Å²) >= 11 is 3.32. The maximum absolute atomic E-state index is 11.8. The van der Waals surface area contributed by atoms with Gasteiger partial charge in [0, 0.05) is 43.1 Å². The molecule has 0 saturated carbocycles. The van der Waals surface area contributed by atoms with E-state index in [1.807, 2.05) is 19.2 Å². The number of carbonyl (C=O) groups excluding carboxylic acids is 2. The molecule has 0 unspecified atom stereocenters. The van der Waals surface area contributed by atoms with Crippen LogP contribution in [0.4, 0.5) is 0 Å². The Hall–Kier alpha value is -1.11. The van der Waals surface area contributed by atoms with Gasteiger partial charge in [-0.3, -0.25) is 9.59 Å². The van der Waals surface area contributed by atoms with Crippen molar-refractivity contribution in [2.45, 2.75) is 6.42 Å². The Balaban J connectivity index is 0.00000400. The van der Waals surface area contributed by atoms with Crippen molar-refractivity contribution in [2.24, 2.45) is 0 Å². The van der Waals surface area contributed by atoms with Crippen LogP contribution in [0.1, 0.15) is 16.8 Å². The van der Waals surface area contributed by atoms with Crippen LogP contribution < -0.4 is 10.6 Å². The Labute approximate surface area is 140 Å². The quantitative estimate of drug-likeness (QED) is 0.759. The Morgan fingerprint density at radius 1 is 1.19 bits per heavy atom. The minimum atomic E-state index is -0.164. The third-order valence-electron chi connectivity index (χ3n) is 2.85. The van der Waals surface area contributed by atoms with E-state index in [-0.39, 0.29) is 24.2 Å². The first kappa shape index (κ1) is 19.9. The fourth-order valence-electron chi connectivity index (χ4n) is 1.58. The van der Waals surface area contributed by atoms with Crippen LogP contribution in [0.5, 0.6) is 0 Å². The number of nitrogens with zero attached hydrogens (tertiary/aromatic N) is 1. The van der Waals surface area contributed by atoms with E-state index in [2.05, 4.69) is 26.6 Å². The number of carbonyl (C=O) groups is 2. The number of hydrogen-bond donors (Lipinski definition) is 2. The molecule has 118 valence electrons. The van der Waals surface area contributed by atoms with E-state index in [4.69, 9.17) is 0 Å². The summed E-state index contributed by atoms with van der Waals surface area (Å²) in [5.74, 6) is -0.139. The van der Waals surface area contributed by atoms with Crippen LogP contribution in [0.15, 0.2) is 28.7 Å². The summed E-state index contributed by atoms with van der Waals surface area (Å²) in [6.45, 7) is 1.76. The SMILES string of the molecule is CNCCN(C)C(=O)CCNC(=O)c1ccc(Br)cc1.Cl. The monoisotopic (exact) mass is 377 g/mol. The lowest BCUT2D eigenvalue weighted by atomic mass is 10.2. The van der Waals surface area contributed by atoms with Crippen LogP contribution in [0.3, 0.4) is 0 Å². The fourth-order valence-corrected chi connectivity index (χ4v) is 1.85. The molecule has 0 heterocycles. The van der Waals surface area contributed by atoms with E-state index in [0.29, 0.717) is 25.1 Å². The van der Waals surface area contributed by atoms with Crippen molar-refractivity contribution in [3.63, 3.8) is 0 Å². The van der Waals surface area contributed by atoms with Gasteiger partial charge in [-0.2, -0.15) is 0 Å². The second kappa shape index (κ2) is 10.6. The Kier molecular flexibility index (Phi) is 10.0. The van der Waals surface area contributed by atoms with Crippen molar-refractivity contribution < 1.29 is 9.59 Å². The molecule has 21 heavy (non-hydrogen) atoms. The summed E-state index contributed by atoms with van der Waals surface area (Å²) in [6, 6.07) is 7.09. The number of halogens is 2. The molecule has 1 aromatic rings. The Morgan fingerprint density at radius 2 is 1.81 bits per heavy atom. The van der Waals surface area contributed by atoms with Gasteiger partial charge in [0.2, 0.25) is 5.91 Å². The average molecular weight is 379 g/mol. The molecule has 7 heteroatoms. The minimum Gasteiger partial charge on any atom is -0.352 e. The van der Waals surface area contributed by atoms with Crippen LogP contribution >= 0.6 is 28.3 Å². The third kappa shape index (κ3) is 7.45. The van der Waals surface area contributed by atoms with Crippen LogP contribution in [-0.2, 0) is 4.79 Å². The van der Waals surface area contributed by atoms with Gasteiger partial charge >= 0.3 is 0 Å². The minimum absolute atomic E-state index is 0. The molecule has 0 aliphatic heterocycles. The van der Waals surface area contributed by atoms with Gasteiger partial charge < -0.3 is 15.5 Å². The van der Waals surface area contributed by atoms with Crippen molar-refractivity contribution in [1.29, 1.82) is 0 Å². The van der Waals surface area contributed by atoms with E-state index in [1.165, 1.54) is 0 Å². The summed E-state index contributed by atoms with van der Waals surface area (Å²) < 4.78 is 0.926. The van der Waals surface area contributed by atoms with Crippen molar-refractivity contribution in [1.82, 2.24) is 15.5 Å². The molecule has 0 aliphatic rings. The molecular formula is C14H21BrClN3O2. The fraction of sp³-hybridized carbons (Fsp3) is 0.429. The van der Waals surface area contributed by atoms with Crippen LogP contribution in [0.2, 0.25) is 0 Å². The number of benzene rings is 1. The first-order valence-electron chi connectivity index (χ1n) is 6.47. The lowest BCUT2D eigenvalue weighted by molar-refractivity contribution is -0.129. The Morgan fingerprint density at radius 3 is 2.38 bits per heavy atom. The van der Waals surface area contributed by atoms with Crippen molar-refractivity contribution in [3.8, 4) is 0 Å². The molecule has 0 aromatic heterocycles. The predicted octanol–water partition coefficient (Wildman–Crippen LogP) is 1.67. The van der Waals surface area contributed by atoms with Crippen molar-refractivity contribution >= 4 is 40.2 Å². The maximum Gasteiger partial charge on any atom is 0.251 e. The molecule has 0 atom stereocenters. The maximum atomic E-state index is 11.8. The summed E-state index contributed by atoms with van der Waals surface area (Å²) in [5, 5.41) is 5.73. The largest absolute Gasteiger partial charge is 0.352 e. The number of likely N-dealkylation sites (N-methyl/N-ethyl adjacent to an activating group) is 2. The van der Waals surface area contributed by atoms with Gasteiger partial charge in [0.25, 0.3) is 5.91 Å². The van der Waals surface area contributed by atoms with E-state index in [0.717, 1.165) is 11.0 Å².